The zero-order valence-electron chi connectivity index (χ0n) is 13.5. The molecule has 1 aromatic heterocycles. The molecule has 0 aliphatic heterocycles. The number of rotatable bonds is 4. The Morgan fingerprint density at radius 1 is 1.35 bits per heavy atom. The summed E-state index contributed by atoms with van der Waals surface area (Å²) in [5.41, 5.74) is 0.879. The van der Waals surface area contributed by atoms with Gasteiger partial charge in [0.05, 0.1) is 6.04 Å². The van der Waals surface area contributed by atoms with Crippen LogP contribution >= 0.6 is 0 Å². The van der Waals surface area contributed by atoms with E-state index >= 15 is 0 Å². The summed E-state index contributed by atoms with van der Waals surface area (Å²) in [6.07, 6.45) is 1.48. The number of pyridine rings is 1. The number of hydrogen-bond acceptors (Lipinski definition) is 5. The van der Waals surface area contributed by atoms with Crippen molar-refractivity contribution in [2.45, 2.75) is 38.5 Å². The zero-order valence-corrected chi connectivity index (χ0v) is 14.3. The quantitative estimate of drug-likeness (QED) is 0.575. The van der Waals surface area contributed by atoms with Gasteiger partial charge in [-0.2, -0.15) is 0 Å². The maximum absolute atomic E-state index is 14.1. The molecule has 0 aliphatic rings. The Morgan fingerprint density at radius 2 is 2.00 bits per heavy atom. The fourth-order valence-corrected chi connectivity index (χ4v) is 2.98. The maximum Gasteiger partial charge on any atom is 0.488 e. The third kappa shape index (κ3) is 4.02. The number of nitrogens with zero attached hydrogens (tertiary/aromatic N) is 1. The van der Waals surface area contributed by atoms with Crippen LogP contribution < -0.4 is 10.2 Å². The summed E-state index contributed by atoms with van der Waals surface area (Å²) in [6.45, 7) is 7.38. The van der Waals surface area contributed by atoms with Crippen molar-refractivity contribution in [2.75, 3.05) is 0 Å². The Kier molecular flexibility index (Phi) is 5.32. The molecule has 124 valence electrons. The van der Waals surface area contributed by atoms with E-state index in [1.807, 2.05) is 27.7 Å². The topological polar surface area (TPSA) is 88.4 Å². The van der Waals surface area contributed by atoms with Crippen LogP contribution in [0.3, 0.4) is 0 Å². The van der Waals surface area contributed by atoms with E-state index in [2.05, 4.69) is 9.71 Å². The molecule has 0 saturated carbocycles. The zero-order chi connectivity index (χ0) is 17.4. The van der Waals surface area contributed by atoms with Crippen molar-refractivity contribution in [1.82, 2.24) is 9.71 Å². The predicted octanol–water partition coefficient (Wildman–Crippen LogP) is 1.17. The van der Waals surface area contributed by atoms with Crippen molar-refractivity contribution < 1.29 is 19.0 Å². The molecule has 3 N–H and O–H groups in total. The van der Waals surface area contributed by atoms with Crippen molar-refractivity contribution in [2.24, 2.45) is 0 Å². The van der Waals surface area contributed by atoms with Gasteiger partial charge in [0, 0.05) is 22.9 Å². The molecule has 2 rings (SSSR count). The van der Waals surface area contributed by atoms with Gasteiger partial charge in [0.25, 0.3) is 0 Å². The lowest BCUT2D eigenvalue weighted by atomic mass is 9.79. The van der Waals surface area contributed by atoms with E-state index in [-0.39, 0.29) is 17.0 Å². The molecular weight excluding hydrogens is 318 g/mol. The first kappa shape index (κ1) is 18.2. The van der Waals surface area contributed by atoms with Gasteiger partial charge in [-0.15, -0.1) is 4.72 Å². The van der Waals surface area contributed by atoms with E-state index in [4.69, 9.17) is 0 Å². The van der Waals surface area contributed by atoms with Crippen molar-refractivity contribution in [3.63, 3.8) is 0 Å². The van der Waals surface area contributed by atoms with Gasteiger partial charge in [0.1, 0.15) is 16.1 Å². The molecule has 1 aromatic carbocycles. The Bertz CT molecular complexity index is 709. The minimum atomic E-state index is -1.77. The SMILES string of the molecule is CC(N[S+]([O-])C(C)(C)C)c1ccnc2c(F)cc(B(O)O)cc12. The lowest BCUT2D eigenvalue weighted by Gasteiger charge is -2.27. The van der Waals surface area contributed by atoms with E-state index in [0.29, 0.717) is 10.9 Å². The number of benzene rings is 1. The molecule has 0 bridgehead atoms. The van der Waals surface area contributed by atoms with Crippen LogP contribution in [0.1, 0.15) is 39.3 Å². The molecule has 8 heteroatoms. The Morgan fingerprint density at radius 3 is 2.57 bits per heavy atom. The summed E-state index contributed by atoms with van der Waals surface area (Å²) < 4.78 is 29.0. The number of fused-ring (bicyclic) bond motifs is 1. The fraction of sp³-hybridized carbons (Fsp3) is 0.400. The molecule has 0 saturated heterocycles. The maximum atomic E-state index is 14.1. The normalized spacial score (nSPS) is 14.8. The molecule has 0 spiro atoms. The third-order valence-electron chi connectivity index (χ3n) is 3.46. The van der Waals surface area contributed by atoms with Crippen molar-refractivity contribution in [3.05, 3.63) is 35.8 Å². The molecule has 2 atom stereocenters. The Labute approximate surface area is 138 Å². The standard InChI is InChI=1S/C15H20BFN2O3S/c1-9(19-23(22)15(2,3)4)11-5-6-18-14-12(11)7-10(16(20)21)8-13(14)17/h5-9,19-21H,1-4H3. The summed E-state index contributed by atoms with van der Waals surface area (Å²) in [5, 5.41) is 19.0. The third-order valence-corrected chi connectivity index (χ3v) is 5.14. The van der Waals surface area contributed by atoms with Crippen molar-refractivity contribution in [3.8, 4) is 0 Å². The van der Waals surface area contributed by atoms with Gasteiger partial charge in [0.2, 0.25) is 0 Å². The second-order valence-electron chi connectivity index (χ2n) is 6.39. The molecule has 5 nitrogen and oxygen atoms in total. The molecule has 1 heterocycles. The van der Waals surface area contributed by atoms with E-state index in [9.17, 15) is 19.0 Å². The average Bonchev–Trinajstić information content (AvgIpc) is 2.45. The van der Waals surface area contributed by atoms with Gasteiger partial charge in [-0.25, -0.2) is 4.39 Å². The van der Waals surface area contributed by atoms with Gasteiger partial charge in [0.15, 0.2) is 0 Å². The van der Waals surface area contributed by atoms with E-state index in [1.165, 1.54) is 12.3 Å². The average molecular weight is 338 g/mol. The smallest absolute Gasteiger partial charge is 0.488 e. The molecule has 23 heavy (non-hydrogen) atoms. The Balaban J connectivity index is 2.48. The lowest BCUT2D eigenvalue weighted by Crippen LogP contribution is -2.40. The van der Waals surface area contributed by atoms with E-state index in [1.54, 1.807) is 6.07 Å². The van der Waals surface area contributed by atoms with Crippen LogP contribution in [0.15, 0.2) is 24.4 Å². The summed E-state index contributed by atoms with van der Waals surface area (Å²) >= 11 is -1.29. The summed E-state index contributed by atoms with van der Waals surface area (Å²) in [5.74, 6) is -0.628. The molecule has 0 radical (unpaired) electrons. The first-order valence-electron chi connectivity index (χ1n) is 7.23. The van der Waals surface area contributed by atoms with Crippen LogP contribution in [0.5, 0.6) is 0 Å². The summed E-state index contributed by atoms with van der Waals surface area (Å²) in [6, 6.07) is 3.91. The minimum absolute atomic E-state index is 0.0494. The van der Waals surface area contributed by atoms with E-state index < -0.39 is 29.0 Å². The first-order valence-corrected chi connectivity index (χ1v) is 8.38. The van der Waals surface area contributed by atoms with Crippen LogP contribution in [0.2, 0.25) is 0 Å². The van der Waals surface area contributed by atoms with Gasteiger partial charge in [-0.3, -0.25) is 4.98 Å². The summed E-state index contributed by atoms with van der Waals surface area (Å²) in [7, 11) is -1.77. The van der Waals surface area contributed by atoms with Crippen LogP contribution in [0, 0.1) is 5.82 Å². The number of nitrogens with one attached hydrogen (secondary N) is 1. The molecule has 2 unspecified atom stereocenters. The van der Waals surface area contributed by atoms with Crippen LogP contribution in [0.4, 0.5) is 4.39 Å². The molecule has 2 aromatic rings. The Hall–Kier alpha value is -1.19. The monoisotopic (exact) mass is 338 g/mol. The second kappa shape index (κ2) is 6.74. The highest BCUT2D eigenvalue weighted by atomic mass is 32.2. The lowest BCUT2D eigenvalue weighted by molar-refractivity contribution is 0.425. The van der Waals surface area contributed by atoms with Gasteiger partial charge >= 0.3 is 7.12 Å². The number of hydrogen-bond donors (Lipinski definition) is 3. The number of aromatic nitrogens is 1. The van der Waals surface area contributed by atoms with Crippen molar-refractivity contribution in [1.29, 1.82) is 0 Å². The van der Waals surface area contributed by atoms with Crippen LogP contribution in [-0.2, 0) is 11.4 Å². The van der Waals surface area contributed by atoms with Gasteiger partial charge in [-0.1, -0.05) is 6.07 Å². The largest absolute Gasteiger partial charge is 0.598 e. The minimum Gasteiger partial charge on any atom is -0.598 e. The molecule has 0 aliphatic carbocycles. The van der Waals surface area contributed by atoms with Gasteiger partial charge in [-0.05, 0) is 50.9 Å². The highest BCUT2D eigenvalue weighted by Gasteiger charge is 2.29. The summed E-state index contributed by atoms with van der Waals surface area (Å²) in [4.78, 5) is 4.01. The molecule has 0 fully saturated rings. The fourth-order valence-electron chi connectivity index (χ4n) is 2.18. The van der Waals surface area contributed by atoms with Crippen LogP contribution in [0.25, 0.3) is 10.9 Å². The van der Waals surface area contributed by atoms with Gasteiger partial charge < -0.3 is 14.6 Å². The van der Waals surface area contributed by atoms with Crippen molar-refractivity contribution >= 4 is 34.8 Å². The highest BCUT2D eigenvalue weighted by molar-refractivity contribution is 7.90. The second-order valence-corrected chi connectivity index (χ2v) is 8.39. The molecule has 0 amide bonds. The number of halogens is 1. The predicted molar refractivity (Wildman–Crippen MR) is 91.0 cm³/mol. The highest BCUT2D eigenvalue weighted by Crippen LogP contribution is 2.26. The van der Waals surface area contributed by atoms with Crippen LogP contribution in [-0.4, -0.2) is 31.5 Å². The first-order chi connectivity index (χ1) is 10.6. The van der Waals surface area contributed by atoms with E-state index in [0.717, 1.165) is 6.07 Å². The molecular formula is C15H20BFN2O3S.